The van der Waals surface area contributed by atoms with Crippen LogP contribution in [0, 0.1) is 13.8 Å². The van der Waals surface area contributed by atoms with Crippen LogP contribution >= 0.6 is 0 Å². The van der Waals surface area contributed by atoms with Gasteiger partial charge in [-0.1, -0.05) is 11.6 Å². The van der Waals surface area contributed by atoms with E-state index in [1.807, 2.05) is 32.0 Å². The molecule has 0 unspecified atom stereocenters. The zero-order valence-electron chi connectivity index (χ0n) is 14.9. The molecule has 3 aromatic rings. The second-order valence-electron chi connectivity index (χ2n) is 6.06. The number of hydrogen-bond acceptors (Lipinski definition) is 5. The molecule has 1 heterocycles. The van der Waals surface area contributed by atoms with Crippen LogP contribution < -0.4 is 4.74 Å². The van der Waals surface area contributed by atoms with Gasteiger partial charge in [-0.25, -0.2) is 4.79 Å². The highest BCUT2D eigenvalue weighted by Gasteiger charge is 2.16. The number of pyridine rings is 1. The van der Waals surface area contributed by atoms with Crippen LogP contribution in [0.1, 0.15) is 32.0 Å². The van der Waals surface area contributed by atoms with Gasteiger partial charge in [-0.2, -0.15) is 0 Å². The second-order valence-corrected chi connectivity index (χ2v) is 6.06. The molecule has 0 amide bonds. The van der Waals surface area contributed by atoms with Crippen LogP contribution in [0.25, 0.3) is 10.9 Å². The van der Waals surface area contributed by atoms with Crippen LogP contribution in [0.3, 0.4) is 0 Å². The molecule has 132 valence electrons. The van der Waals surface area contributed by atoms with Crippen LogP contribution in [-0.2, 0) is 4.74 Å². The van der Waals surface area contributed by atoms with E-state index in [9.17, 15) is 9.59 Å². The first-order valence-corrected chi connectivity index (χ1v) is 8.20. The van der Waals surface area contributed by atoms with Crippen LogP contribution in [-0.4, -0.2) is 30.5 Å². The number of benzene rings is 2. The molecule has 5 nitrogen and oxygen atoms in total. The lowest BCUT2D eigenvalue weighted by atomic mass is 10.1. The van der Waals surface area contributed by atoms with Crippen molar-refractivity contribution in [2.24, 2.45) is 0 Å². The Bertz CT molecular complexity index is 977. The van der Waals surface area contributed by atoms with E-state index in [4.69, 9.17) is 9.47 Å². The molecule has 0 saturated carbocycles. The van der Waals surface area contributed by atoms with Gasteiger partial charge in [0.2, 0.25) is 0 Å². The predicted octanol–water partition coefficient (Wildman–Crippen LogP) is 3.90. The largest absolute Gasteiger partial charge is 0.497 e. The highest BCUT2D eigenvalue weighted by atomic mass is 16.5. The van der Waals surface area contributed by atoms with Crippen molar-refractivity contribution in [1.29, 1.82) is 0 Å². The maximum atomic E-state index is 12.5. The number of carbonyl (C=O) groups excluding carboxylic acids is 2. The van der Waals surface area contributed by atoms with Gasteiger partial charge in [0.15, 0.2) is 12.4 Å². The molecule has 0 aliphatic heterocycles. The van der Waals surface area contributed by atoms with Gasteiger partial charge in [0.25, 0.3) is 0 Å². The van der Waals surface area contributed by atoms with Crippen LogP contribution in [0.5, 0.6) is 5.75 Å². The van der Waals surface area contributed by atoms with Crippen LogP contribution in [0.15, 0.2) is 48.5 Å². The van der Waals surface area contributed by atoms with Gasteiger partial charge >= 0.3 is 5.97 Å². The van der Waals surface area contributed by atoms with Crippen LogP contribution in [0.4, 0.5) is 0 Å². The van der Waals surface area contributed by atoms with E-state index >= 15 is 0 Å². The number of Topliss-reactive ketones (excluding diaryl/α,β-unsaturated/α-hetero) is 1. The number of nitrogens with zero attached hydrogens (tertiary/aromatic N) is 1. The minimum absolute atomic E-state index is 0.271. The van der Waals surface area contributed by atoms with Crippen molar-refractivity contribution < 1.29 is 19.1 Å². The summed E-state index contributed by atoms with van der Waals surface area (Å²) >= 11 is 0. The van der Waals surface area contributed by atoms with E-state index in [-0.39, 0.29) is 12.4 Å². The van der Waals surface area contributed by atoms with Gasteiger partial charge in [0.05, 0.1) is 18.2 Å². The number of ketones is 1. The van der Waals surface area contributed by atoms with Crippen molar-refractivity contribution >= 4 is 22.7 Å². The highest BCUT2D eigenvalue weighted by Crippen LogP contribution is 2.21. The molecule has 0 aliphatic carbocycles. The fourth-order valence-electron chi connectivity index (χ4n) is 2.71. The normalized spacial score (nSPS) is 10.6. The summed E-state index contributed by atoms with van der Waals surface area (Å²) in [6.45, 7) is 3.44. The van der Waals surface area contributed by atoms with Crippen molar-refractivity contribution in [2.75, 3.05) is 13.7 Å². The molecule has 1 aromatic heterocycles. The zero-order chi connectivity index (χ0) is 18.7. The first kappa shape index (κ1) is 17.6. The lowest BCUT2D eigenvalue weighted by Crippen LogP contribution is -2.15. The molecule has 0 atom stereocenters. The fourth-order valence-corrected chi connectivity index (χ4v) is 2.71. The maximum absolute atomic E-state index is 12.5. The number of rotatable bonds is 5. The number of aryl methyl sites for hydroxylation is 2. The van der Waals surface area contributed by atoms with Crippen molar-refractivity contribution in [2.45, 2.75) is 13.8 Å². The molecule has 3 rings (SSSR count). The molecule has 26 heavy (non-hydrogen) atoms. The Kier molecular flexibility index (Phi) is 4.98. The van der Waals surface area contributed by atoms with Crippen molar-refractivity contribution in [1.82, 2.24) is 4.98 Å². The van der Waals surface area contributed by atoms with Gasteiger partial charge in [-0.3, -0.25) is 9.78 Å². The summed E-state index contributed by atoms with van der Waals surface area (Å²) in [5.74, 6) is -0.145. The number of fused-ring (bicyclic) bond motifs is 1. The standard InChI is InChI=1S/C21H19NO4/c1-13-4-9-19-17(10-13)18(11-14(2)22-19)21(24)26-12-20(23)15-5-7-16(25-3)8-6-15/h4-11H,12H2,1-3H3. The van der Waals surface area contributed by atoms with Crippen LogP contribution in [0.2, 0.25) is 0 Å². The molecule has 0 N–H and O–H groups in total. The Balaban J connectivity index is 1.78. The lowest BCUT2D eigenvalue weighted by Gasteiger charge is -2.09. The summed E-state index contributed by atoms with van der Waals surface area (Å²) in [6.07, 6.45) is 0. The Labute approximate surface area is 151 Å². The average molecular weight is 349 g/mol. The fraction of sp³-hybridized carbons (Fsp3) is 0.190. The summed E-state index contributed by atoms with van der Waals surface area (Å²) in [5, 5.41) is 0.720. The van der Waals surface area contributed by atoms with E-state index in [0.29, 0.717) is 16.9 Å². The number of ether oxygens (including phenoxy) is 2. The third-order valence-electron chi connectivity index (χ3n) is 4.06. The van der Waals surface area contributed by atoms with E-state index in [1.165, 1.54) is 0 Å². The van der Waals surface area contributed by atoms with E-state index < -0.39 is 5.97 Å². The molecule has 0 bridgehead atoms. The van der Waals surface area contributed by atoms with Gasteiger partial charge < -0.3 is 9.47 Å². The lowest BCUT2D eigenvalue weighted by molar-refractivity contribution is 0.0476. The molecule has 0 saturated heterocycles. The second kappa shape index (κ2) is 7.35. The molecule has 0 radical (unpaired) electrons. The molecule has 0 aliphatic rings. The topological polar surface area (TPSA) is 65.5 Å². The Morgan fingerprint density at radius 3 is 2.42 bits per heavy atom. The van der Waals surface area contributed by atoms with Crippen molar-refractivity contribution in [3.05, 3.63) is 70.9 Å². The van der Waals surface area contributed by atoms with Gasteiger partial charge in [0, 0.05) is 16.6 Å². The number of carbonyl (C=O) groups is 2. The van der Waals surface area contributed by atoms with Crippen molar-refractivity contribution in [3.8, 4) is 5.75 Å². The SMILES string of the molecule is COc1ccc(C(=O)COC(=O)c2cc(C)nc3ccc(C)cc23)cc1. The van der Waals surface area contributed by atoms with E-state index in [1.54, 1.807) is 37.4 Å². The zero-order valence-corrected chi connectivity index (χ0v) is 14.9. The molecule has 0 fully saturated rings. The van der Waals surface area contributed by atoms with Gasteiger partial charge in [-0.15, -0.1) is 0 Å². The summed E-state index contributed by atoms with van der Waals surface area (Å²) in [6, 6.07) is 14.1. The first-order valence-electron chi connectivity index (χ1n) is 8.20. The molecule has 2 aromatic carbocycles. The first-order chi connectivity index (χ1) is 12.5. The Morgan fingerprint density at radius 1 is 1.00 bits per heavy atom. The van der Waals surface area contributed by atoms with E-state index in [0.717, 1.165) is 22.2 Å². The number of hydrogen-bond donors (Lipinski definition) is 0. The third-order valence-corrected chi connectivity index (χ3v) is 4.06. The summed E-state index contributed by atoms with van der Waals surface area (Å²) in [5.41, 5.74) is 3.34. The molecular weight excluding hydrogens is 330 g/mol. The summed E-state index contributed by atoms with van der Waals surface area (Å²) in [7, 11) is 1.56. The molecule has 0 spiro atoms. The summed E-state index contributed by atoms with van der Waals surface area (Å²) in [4.78, 5) is 29.2. The minimum atomic E-state index is -0.534. The van der Waals surface area contributed by atoms with Gasteiger partial charge in [0.1, 0.15) is 5.75 Å². The predicted molar refractivity (Wildman–Crippen MR) is 98.8 cm³/mol. The Morgan fingerprint density at radius 2 is 1.73 bits per heavy atom. The molecule has 5 heteroatoms. The maximum Gasteiger partial charge on any atom is 0.339 e. The molecular formula is C21H19NO4. The summed E-state index contributed by atoms with van der Waals surface area (Å²) < 4.78 is 10.3. The smallest absolute Gasteiger partial charge is 0.339 e. The van der Waals surface area contributed by atoms with Gasteiger partial charge in [-0.05, 0) is 56.3 Å². The number of methoxy groups -OCH3 is 1. The third kappa shape index (κ3) is 3.72. The minimum Gasteiger partial charge on any atom is -0.497 e. The number of esters is 1. The van der Waals surface area contributed by atoms with E-state index in [2.05, 4.69) is 4.98 Å². The quantitative estimate of drug-likeness (QED) is 0.516. The Hall–Kier alpha value is -3.21. The highest BCUT2D eigenvalue weighted by molar-refractivity contribution is 6.05. The van der Waals surface area contributed by atoms with Crippen molar-refractivity contribution in [3.63, 3.8) is 0 Å². The monoisotopic (exact) mass is 349 g/mol. The average Bonchev–Trinajstić information content (AvgIpc) is 2.65. The number of aromatic nitrogens is 1.